The molecule has 1 nitrogen and oxygen atoms in total. The van der Waals surface area contributed by atoms with Crippen molar-refractivity contribution in [1.82, 2.24) is 0 Å². The highest BCUT2D eigenvalue weighted by Crippen LogP contribution is 2.23. The summed E-state index contributed by atoms with van der Waals surface area (Å²) in [7, 11) is 0. The number of hydrogen-bond donors (Lipinski definition) is 1. The van der Waals surface area contributed by atoms with Gasteiger partial charge in [0.25, 0.3) is 0 Å². The molecule has 0 amide bonds. The first-order chi connectivity index (χ1) is 5.97. The fraction of sp³-hybridized carbons (Fsp3) is 0.636. The fourth-order valence-electron chi connectivity index (χ4n) is 1.44. The van der Waals surface area contributed by atoms with E-state index in [1.807, 2.05) is 6.07 Å². The van der Waals surface area contributed by atoms with Crippen molar-refractivity contribution in [3.63, 3.8) is 0 Å². The van der Waals surface area contributed by atoms with Crippen LogP contribution in [0, 0.1) is 5.41 Å². The molecule has 2 heteroatoms. The molecule has 13 heavy (non-hydrogen) atoms. The van der Waals surface area contributed by atoms with Crippen molar-refractivity contribution < 1.29 is 5.11 Å². The van der Waals surface area contributed by atoms with Crippen molar-refractivity contribution in [1.29, 1.82) is 0 Å². The second-order valence-electron chi connectivity index (χ2n) is 4.70. The van der Waals surface area contributed by atoms with E-state index in [2.05, 4.69) is 32.2 Å². The molecule has 0 fully saturated rings. The molecule has 0 spiro atoms. The minimum absolute atomic E-state index is 0.196. The summed E-state index contributed by atoms with van der Waals surface area (Å²) in [5.41, 5.74) is 0.219. The summed E-state index contributed by atoms with van der Waals surface area (Å²) in [6, 6.07) is 4.11. The van der Waals surface area contributed by atoms with Gasteiger partial charge in [-0.15, -0.1) is 11.3 Å². The summed E-state index contributed by atoms with van der Waals surface area (Å²) in [6.45, 7) is 6.47. The van der Waals surface area contributed by atoms with Crippen LogP contribution in [-0.4, -0.2) is 11.2 Å². The zero-order valence-corrected chi connectivity index (χ0v) is 9.40. The van der Waals surface area contributed by atoms with Crippen molar-refractivity contribution in [2.75, 3.05) is 0 Å². The molecular weight excluding hydrogens is 180 g/mol. The predicted octanol–water partition coefficient (Wildman–Crippen LogP) is 3.09. The molecule has 1 atom stereocenters. The van der Waals surface area contributed by atoms with Crippen molar-refractivity contribution in [2.24, 2.45) is 5.41 Å². The number of aliphatic hydroxyl groups is 1. The van der Waals surface area contributed by atoms with E-state index < -0.39 is 0 Å². The van der Waals surface area contributed by atoms with Gasteiger partial charge in [-0.25, -0.2) is 0 Å². The van der Waals surface area contributed by atoms with Crippen molar-refractivity contribution >= 4 is 11.3 Å². The molecule has 1 rings (SSSR count). The Morgan fingerprint density at radius 2 is 2.15 bits per heavy atom. The quantitative estimate of drug-likeness (QED) is 0.791. The zero-order valence-electron chi connectivity index (χ0n) is 8.58. The molecule has 0 saturated heterocycles. The molecule has 1 N–H and O–H groups in total. The lowest BCUT2D eigenvalue weighted by Gasteiger charge is -2.21. The second kappa shape index (κ2) is 4.25. The van der Waals surface area contributed by atoms with E-state index in [4.69, 9.17) is 0 Å². The van der Waals surface area contributed by atoms with Gasteiger partial charge in [0.2, 0.25) is 0 Å². The molecule has 0 bridgehead atoms. The van der Waals surface area contributed by atoms with Crippen molar-refractivity contribution in [3.8, 4) is 0 Å². The van der Waals surface area contributed by atoms with Gasteiger partial charge in [0.1, 0.15) is 0 Å². The smallest absolute Gasteiger partial charge is 0.0593 e. The Morgan fingerprint density at radius 3 is 2.62 bits per heavy atom. The van der Waals surface area contributed by atoms with Crippen LogP contribution >= 0.6 is 11.3 Å². The molecule has 74 valence electrons. The normalized spacial score (nSPS) is 14.5. The third-order valence-corrected chi connectivity index (χ3v) is 2.76. The maximum absolute atomic E-state index is 9.76. The maximum Gasteiger partial charge on any atom is 0.0593 e. The molecule has 0 radical (unpaired) electrons. The van der Waals surface area contributed by atoms with Crippen molar-refractivity contribution in [2.45, 2.75) is 39.7 Å². The van der Waals surface area contributed by atoms with E-state index in [1.54, 1.807) is 11.3 Å². The van der Waals surface area contributed by atoms with Gasteiger partial charge in [-0.3, -0.25) is 0 Å². The SMILES string of the molecule is CC(C)(C)CC(O)Cc1cccs1. The van der Waals surface area contributed by atoms with E-state index >= 15 is 0 Å². The highest BCUT2D eigenvalue weighted by molar-refractivity contribution is 7.09. The van der Waals surface area contributed by atoms with Gasteiger partial charge in [-0.1, -0.05) is 26.8 Å². The lowest BCUT2D eigenvalue weighted by atomic mass is 9.88. The minimum Gasteiger partial charge on any atom is -0.393 e. The van der Waals surface area contributed by atoms with Crippen LogP contribution in [-0.2, 0) is 6.42 Å². The molecule has 1 heterocycles. The van der Waals surface area contributed by atoms with E-state index in [0.717, 1.165) is 12.8 Å². The van der Waals surface area contributed by atoms with E-state index in [-0.39, 0.29) is 11.5 Å². The van der Waals surface area contributed by atoms with E-state index in [1.165, 1.54) is 4.88 Å². The second-order valence-corrected chi connectivity index (χ2v) is 5.73. The third kappa shape index (κ3) is 4.44. The highest BCUT2D eigenvalue weighted by Gasteiger charge is 2.16. The van der Waals surface area contributed by atoms with Crippen LogP contribution < -0.4 is 0 Å². The molecule has 0 aromatic carbocycles. The molecule has 0 aliphatic heterocycles. The van der Waals surface area contributed by atoms with Crippen LogP contribution in [0.2, 0.25) is 0 Å². The van der Waals surface area contributed by atoms with Gasteiger partial charge in [-0.05, 0) is 23.3 Å². The van der Waals surface area contributed by atoms with Crippen LogP contribution in [0.5, 0.6) is 0 Å². The van der Waals surface area contributed by atoms with Gasteiger partial charge >= 0.3 is 0 Å². The number of thiophene rings is 1. The first-order valence-corrected chi connectivity index (χ1v) is 5.56. The Hall–Kier alpha value is -0.340. The molecule has 1 aromatic heterocycles. The predicted molar refractivity (Wildman–Crippen MR) is 58.1 cm³/mol. The topological polar surface area (TPSA) is 20.2 Å². The summed E-state index contributed by atoms with van der Waals surface area (Å²) in [6.07, 6.45) is 1.47. The van der Waals surface area contributed by atoms with Gasteiger partial charge in [-0.2, -0.15) is 0 Å². The molecule has 0 aliphatic rings. The summed E-state index contributed by atoms with van der Waals surface area (Å²) in [5, 5.41) is 11.8. The Labute approximate surface area is 84.4 Å². The van der Waals surface area contributed by atoms with Crippen LogP contribution in [0.15, 0.2) is 17.5 Å². The van der Waals surface area contributed by atoms with Gasteiger partial charge in [0, 0.05) is 11.3 Å². The number of rotatable bonds is 3. The molecule has 1 unspecified atom stereocenters. The summed E-state index contributed by atoms with van der Waals surface area (Å²) >= 11 is 1.72. The average Bonchev–Trinajstić information content (AvgIpc) is 2.34. The molecular formula is C11H18OS. The van der Waals surface area contributed by atoms with E-state index in [0.29, 0.717) is 0 Å². The summed E-state index contributed by atoms with van der Waals surface area (Å²) < 4.78 is 0. The molecule has 0 saturated carbocycles. The Balaban J connectivity index is 2.38. The third-order valence-electron chi connectivity index (χ3n) is 1.86. The summed E-state index contributed by atoms with van der Waals surface area (Å²) in [4.78, 5) is 1.27. The molecule has 1 aromatic rings. The minimum atomic E-state index is -0.196. The lowest BCUT2D eigenvalue weighted by molar-refractivity contribution is 0.122. The Kier molecular flexibility index (Phi) is 3.51. The van der Waals surface area contributed by atoms with Crippen molar-refractivity contribution in [3.05, 3.63) is 22.4 Å². The Morgan fingerprint density at radius 1 is 1.46 bits per heavy atom. The van der Waals surface area contributed by atoms with Crippen LogP contribution in [0.3, 0.4) is 0 Å². The largest absolute Gasteiger partial charge is 0.393 e. The Bertz CT molecular complexity index is 233. The number of aliphatic hydroxyl groups excluding tert-OH is 1. The van der Waals surface area contributed by atoms with Crippen LogP contribution in [0.25, 0.3) is 0 Å². The van der Waals surface area contributed by atoms with Gasteiger partial charge in [0.15, 0.2) is 0 Å². The summed E-state index contributed by atoms with van der Waals surface area (Å²) in [5.74, 6) is 0. The monoisotopic (exact) mass is 198 g/mol. The highest BCUT2D eigenvalue weighted by atomic mass is 32.1. The standard InChI is InChI=1S/C11H18OS/c1-11(2,3)8-9(12)7-10-5-4-6-13-10/h4-6,9,12H,7-8H2,1-3H3. The van der Waals surface area contributed by atoms with Gasteiger partial charge < -0.3 is 5.11 Å². The van der Waals surface area contributed by atoms with Crippen LogP contribution in [0.4, 0.5) is 0 Å². The number of hydrogen-bond acceptors (Lipinski definition) is 2. The first kappa shape index (κ1) is 10.7. The first-order valence-electron chi connectivity index (χ1n) is 4.68. The van der Waals surface area contributed by atoms with Crippen LogP contribution in [0.1, 0.15) is 32.1 Å². The lowest BCUT2D eigenvalue weighted by Crippen LogP contribution is -2.19. The molecule has 0 aliphatic carbocycles. The van der Waals surface area contributed by atoms with E-state index in [9.17, 15) is 5.11 Å². The fourth-order valence-corrected chi connectivity index (χ4v) is 2.22. The zero-order chi connectivity index (χ0) is 9.90. The maximum atomic E-state index is 9.76. The average molecular weight is 198 g/mol. The van der Waals surface area contributed by atoms with Gasteiger partial charge in [0.05, 0.1) is 6.10 Å².